The zero-order valence-electron chi connectivity index (χ0n) is 22.3. The quantitative estimate of drug-likeness (QED) is 0.410. The Hall–Kier alpha value is -4.70. The number of hydrogen-bond acceptors (Lipinski definition) is 6. The van der Waals surface area contributed by atoms with E-state index in [0.29, 0.717) is 13.1 Å². The van der Waals surface area contributed by atoms with Crippen molar-refractivity contribution in [1.82, 2.24) is 20.7 Å². The Morgan fingerprint density at radius 2 is 1.59 bits per heavy atom. The standard InChI is InChI=1S/C31H30N4O6/c36-27-16-26(28(37)38)35(33-27)29(39)31(14-15-34(19-31)17-20-8-2-1-3-9-20)32-30(40)41-18-25-23-12-6-4-10-21(23)22-11-5-7-13-24(22)25/h1-13,25-26H,14-19H2,(H,32,40)(H,33,36)(H,37,38). The van der Waals surface area contributed by atoms with Crippen LogP contribution in [0.25, 0.3) is 11.1 Å². The van der Waals surface area contributed by atoms with E-state index in [1.54, 1.807) is 0 Å². The van der Waals surface area contributed by atoms with E-state index >= 15 is 0 Å². The first-order valence-electron chi connectivity index (χ1n) is 13.6. The molecule has 2 saturated heterocycles. The molecule has 0 spiro atoms. The van der Waals surface area contributed by atoms with E-state index in [9.17, 15) is 24.3 Å². The number of alkyl carbamates (subject to hydrolysis) is 1. The van der Waals surface area contributed by atoms with Crippen LogP contribution >= 0.6 is 0 Å². The van der Waals surface area contributed by atoms with E-state index in [-0.39, 0.29) is 31.9 Å². The second-order valence-electron chi connectivity index (χ2n) is 10.7. The molecule has 2 fully saturated rings. The monoisotopic (exact) mass is 554 g/mol. The number of ether oxygens (including phenoxy) is 1. The van der Waals surface area contributed by atoms with Gasteiger partial charge in [-0.05, 0) is 34.2 Å². The summed E-state index contributed by atoms with van der Waals surface area (Å²) in [5.41, 5.74) is 6.25. The van der Waals surface area contributed by atoms with Crippen molar-refractivity contribution in [1.29, 1.82) is 0 Å². The molecule has 210 valence electrons. The molecule has 0 radical (unpaired) electrons. The first-order valence-corrected chi connectivity index (χ1v) is 13.6. The predicted octanol–water partition coefficient (Wildman–Crippen LogP) is 2.89. The van der Waals surface area contributed by atoms with Crippen molar-refractivity contribution in [3.05, 3.63) is 95.6 Å². The number of rotatable bonds is 7. The normalized spacial score (nSPS) is 21.7. The topological polar surface area (TPSA) is 128 Å². The Kier molecular flexibility index (Phi) is 6.92. The number of nitrogens with one attached hydrogen (secondary N) is 2. The molecule has 3 aromatic carbocycles. The summed E-state index contributed by atoms with van der Waals surface area (Å²) in [5, 5.41) is 13.3. The third-order valence-electron chi connectivity index (χ3n) is 8.13. The van der Waals surface area contributed by atoms with Crippen LogP contribution in [0.5, 0.6) is 0 Å². The number of benzene rings is 3. The number of nitrogens with zero attached hydrogens (tertiary/aromatic N) is 2. The molecule has 2 aliphatic heterocycles. The number of aliphatic carboxylic acids is 1. The fraction of sp³-hybridized carbons (Fsp3) is 0.290. The van der Waals surface area contributed by atoms with Crippen LogP contribution in [0.2, 0.25) is 0 Å². The Balaban J connectivity index is 1.22. The largest absolute Gasteiger partial charge is 0.480 e. The van der Waals surface area contributed by atoms with E-state index in [1.165, 1.54) is 0 Å². The first kappa shape index (κ1) is 26.5. The number of amides is 3. The summed E-state index contributed by atoms with van der Waals surface area (Å²) < 4.78 is 5.75. The van der Waals surface area contributed by atoms with Gasteiger partial charge in [0, 0.05) is 25.6 Å². The Morgan fingerprint density at radius 3 is 2.24 bits per heavy atom. The lowest BCUT2D eigenvalue weighted by atomic mass is 9.96. The van der Waals surface area contributed by atoms with Gasteiger partial charge in [-0.15, -0.1) is 0 Å². The van der Waals surface area contributed by atoms with E-state index < -0.39 is 35.5 Å². The maximum atomic E-state index is 13.9. The van der Waals surface area contributed by atoms with Gasteiger partial charge < -0.3 is 15.2 Å². The fourth-order valence-electron chi connectivity index (χ4n) is 6.17. The summed E-state index contributed by atoms with van der Waals surface area (Å²) in [6.07, 6.45) is -0.906. The molecule has 10 nitrogen and oxygen atoms in total. The molecule has 6 rings (SSSR count). The lowest BCUT2D eigenvalue weighted by molar-refractivity contribution is -0.153. The van der Waals surface area contributed by atoms with E-state index in [0.717, 1.165) is 32.8 Å². The molecule has 41 heavy (non-hydrogen) atoms. The van der Waals surface area contributed by atoms with E-state index in [1.807, 2.05) is 83.8 Å². The fourth-order valence-corrected chi connectivity index (χ4v) is 6.17. The minimum atomic E-state index is -1.48. The molecule has 1 aliphatic carbocycles. The minimum absolute atomic E-state index is 0.0655. The van der Waals surface area contributed by atoms with Gasteiger partial charge in [-0.3, -0.25) is 19.9 Å². The minimum Gasteiger partial charge on any atom is -0.480 e. The summed E-state index contributed by atoms with van der Waals surface area (Å²) in [6.45, 7) is 1.21. The van der Waals surface area contributed by atoms with Crippen molar-refractivity contribution in [2.45, 2.75) is 36.9 Å². The molecular formula is C31H30N4O6. The third kappa shape index (κ3) is 5.02. The van der Waals surface area contributed by atoms with Crippen molar-refractivity contribution in [3.8, 4) is 11.1 Å². The third-order valence-corrected chi connectivity index (χ3v) is 8.13. The number of likely N-dealkylation sites (tertiary alicyclic amines) is 1. The number of hydrazine groups is 1. The molecule has 10 heteroatoms. The van der Waals surface area contributed by atoms with Gasteiger partial charge in [0.15, 0.2) is 6.04 Å². The zero-order valence-corrected chi connectivity index (χ0v) is 22.3. The van der Waals surface area contributed by atoms with Crippen molar-refractivity contribution in [2.75, 3.05) is 19.7 Å². The summed E-state index contributed by atoms with van der Waals surface area (Å²) in [6, 6.07) is 24.4. The van der Waals surface area contributed by atoms with E-state index in [2.05, 4.69) is 10.7 Å². The van der Waals surface area contributed by atoms with Crippen LogP contribution in [0.4, 0.5) is 4.79 Å². The summed E-state index contributed by atoms with van der Waals surface area (Å²) in [7, 11) is 0. The smallest absolute Gasteiger partial charge is 0.408 e. The maximum Gasteiger partial charge on any atom is 0.408 e. The Labute approximate surface area is 236 Å². The van der Waals surface area contributed by atoms with Gasteiger partial charge in [-0.2, -0.15) is 0 Å². The SMILES string of the molecule is O=C1CC(C(=O)O)N(C(=O)C2(NC(=O)OCC3c4ccccc4-c4ccccc43)CCN(Cc3ccccc3)C2)N1. The van der Waals surface area contributed by atoms with Gasteiger partial charge in [-0.1, -0.05) is 78.9 Å². The molecule has 3 amide bonds. The number of carboxylic acid groups (broad SMARTS) is 1. The highest BCUT2D eigenvalue weighted by molar-refractivity contribution is 5.98. The van der Waals surface area contributed by atoms with Crippen LogP contribution in [0, 0.1) is 0 Å². The van der Waals surface area contributed by atoms with Gasteiger partial charge >= 0.3 is 12.1 Å². The Bertz CT molecular complexity index is 1470. The van der Waals surface area contributed by atoms with Gasteiger partial charge in [0.1, 0.15) is 12.1 Å². The highest BCUT2D eigenvalue weighted by atomic mass is 16.5. The molecule has 0 bridgehead atoms. The van der Waals surface area contributed by atoms with Crippen LogP contribution in [0.3, 0.4) is 0 Å². The van der Waals surface area contributed by atoms with Crippen LogP contribution in [0.15, 0.2) is 78.9 Å². The van der Waals surface area contributed by atoms with E-state index in [4.69, 9.17) is 4.74 Å². The van der Waals surface area contributed by atoms with Crippen molar-refractivity contribution < 1.29 is 29.0 Å². The van der Waals surface area contributed by atoms with Crippen molar-refractivity contribution in [3.63, 3.8) is 0 Å². The van der Waals surface area contributed by atoms with Gasteiger partial charge in [0.2, 0.25) is 5.91 Å². The van der Waals surface area contributed by atoms with Gasteiger partial charge in [-0.25, -0.2) is 14.6 Å². The average Bonchev–Trinajstić information content (AvgIpc) is 3.66. The first-order chi connectivity index (χ1) is 19.8. The summed E-state index contributed by atoms with van der Waals surface area (Å²) >= 11 is 0. The Morgan fingerprint density at radius 1 is 0.951 bits per heavy atom. The molecular weight excluding hydrogens is 524 g/mol. The van der Waals surface area contributed by atoms with Crippen LogP contribution in [-0.2, 0) is 25.7 Å². The van der Waals surface area contributed by atoms with Crippen LogP contribution in [-0.4, -0.2) is 70.2 Å². The lowest BCUT2D eigenvalue weighted by Crippen LogP contribution is -2.64. The molecule has 2 heterocycles. The number of hydrogen-bond donors (Lipinski definition) is 3. The molecule has 0 saturated carbocycles. The molecule has 3 aliphatic rings. The van der Waals surface area contributed by atoms with Crippen LogP contribution < -0.4 is 10.7 Å². The second kappa shape index (κ2) is 10.7. The molecule has 2 unspecified atom stereocenters. The lowest BCUT2D eigenvalue weighted by Gasteiger charge is -2.34. The molecule has 3 aromatic rings. The number of carboxylic acids is 1. The number of fused-ring (bicyclic) bond motifs is 3. The van der Waals surface area contributed by atoms with Crippen molar-refractivity contribution >= 4 is 23.9 Å². The molecule has 3 N–H and O–H groups in total. The predicted molar refractivity (Wildman–Crippen MR) is 148 cm³/mol. The highest BCUT2D eigenvalue weighted by Crippen LogP contribution is 2.44. The number of carbonyl (C=O) groups excluding carboxylic acids is 3. The summed E-state index contributed by atoms with van der Waals surface area (Å²) in [4.78, 5) is 53.2. The highest BCUT2D eigenvalue weighted by Gasteiger charge is 2.52. The van der Waals surface area contributed by atoms with Crippen molar-refractivity contribution in [2.24, 2.45) is 0 Å². The summed E-state index contributed by atoms with van der Waals surface area (Å²) in [5.74, 6) is -2.71. The number of carbonyl (C=O) groups is 4. The second-order valence-corrected chi connectivity index (χ2v) is 10.7. The van der Waals surface area contributed by atoms with Gasteiger partial charge in [0.25, 0.3) is 5.91 Å². The zero-order chi connectivity index (χ0) is 28.6. The molecule has 2 atom stereocenters. The molecule has 0 aromatic heterocycles. The van der Waals surface area contributed by atoms with Gasteiger partial charge in [0.05, 0.1) is 6.42 Å². The average molecular weight is 555 g/mol. The maximum absolute atomic E-state index is 13.9. The van der Waals surface area contributed by atoms with Crippen LogP contribution in [0.1, 0.15) is 35.4 Å².